The van der Waals surface area contributed by atoms with Crippen molar-refractivity contribution in [1.29, 1.82) is 0 Å². The lowest BCUT2D eigenvalue weighted by molar-refractivity contribution is -0.176. The summed E-state index contributed by atoms with van der Waals surface area (Å²) < 4.78 is 15.7. The molecule has 0 aromatic heterocycles. The van der Waals surface area contributed by atoms with Gasteiger partial charge < -0.3 is 35.1 Å². The number of hydrogen-bond donors (Lipinski definition) is 4. The first-order valence-electron chi connectivity index (χ1n) is 13.1. The molecule has 15 nitrogen and oxygen atoms in total. The standard InChI is InChI=1S/C28H31N5O10/c1-14(34)31-21(22(32-33-29)25-26(43-25)28(39)40)23(37)24(42-16(3)36)20(41-15(2)35)13-30-27(38)19-11-9-18(10-12-19)17-7-5-4-6-8-17/h4-12,20-26,37H,13H2,1-3H3,(H,30,38)(H,31,34)(H,39,40)/t20-,21-,22?,23?,24-,25-,26-/m1/s1. The van der Waals surface area contributed by atoms with Crippen LogP contribution < -0.4 is 10.6 Å². The van der Waals surface area contributed by atoms with Gasteiger partial charge in [0.05, 0.1) is 18.6 Å². The highest BCUT2D eigenvalue weighted by atomic mass is 16.6. The smallest absolute Gasteiger partial charge is 0.335 e. The number of rotatable bonds is 14. The Kier molecular flexibility index (Phi) is 11.2. The van der Waals surface area contributed by atoms with Gasteiger partial charge in [0, 0.05) is 31.2 Å². The number of ether oxygens (including phenoxy) is 3. The molecule has 0 radical (unpaired) electrons. The zero-order chi connectivity index (χ0) is 31.7. The maximum atomic E-state index is 13.0. The van der Waals surface area contributed by atoms with Crippen molar-refractivity contribution < 1.29 is 48.4 Å². The van der Waals surface area contributed by atoms with Crippen molar-refractivity contribution in [3.8, 4) is 11.1 Å². The second-order valence-corrected chi connectivity index (χ2v) is 9.65. The van der Waals surface area contributed by atoms with Crippen molar-refractivity contribution in [2.75, 3.05) is 6.54 Å². The first kappa shape index (κ1) is 32.5. The van der Waals surface area contributed by atoms with Crippen molar-refractivity contribution in [2.24, 2.45) is 5.11 Å². The number of carbonyl (C=O) groups is 5. The summed E-state index contributed by atoms with van der Waals surface area (Å²) >= 11 is 0. The Hall–Kier alpha value is -4.98. The summed E-state index contributed by atoms with van der Waals surface area (Å²) in [5.41, 5.74) is 11.2. The average molecular weight is 598 g/mol. The maximum Gasteiger partial charge on any atom is 0.335 e. The van der Waals surface area contributed by atoms with Crippen LogP contribution in [0.4, 0.5) is 0 Å². The van der Waals surface area contributed by atoms with Crippen LogP contribution in [0.2, 0.25) is 0 Å². The van der Waals surface area contributed by atoms with E-state index in [9.17, 15) is 34.2 Å². The van der Waals surface area contributed by atoms with Crippen LogP contribution in [0.5, 0.6) is 0 Å². The van der Waals surface area contributed by atoms with E-state index in [4.69, 9.17) is 19.7 Å². The van der Waals surface area contributed by atoms with Gasteiger partial charge in [0.1, 0.15) is 12.2 Å². The van der Waals surface area contributed by atoms with Crippen molar-refractivity contribution >= 4 is 29.7 Å². The highest BCUT2D eigenvalue weighted by Crippen LogP contribution is 2.32. The van der Waals surface area contributed by atoms with Gasteiger partial charge in [0.25, 0.3) is 5.91 Å². The lowest BCUT2D eigenvalue weighted by atomic mass is 9.92. The SMILES string of the molecule is CC(=O)N[C@H](C(N=[N+]=[N-])[C@H]1O[C@H]1C(=O)O)C(O)[C@H](OC(C)=O)[C@@H](CNC(=O)c1ccc(-c2ccccc2)cc1)OC(C)=O. The molecular formula is C28H31N5O10. The number of nitrogens with one attached hydrogen (secondary N) is 2. The maximum absolute atomic E-state index is 13.0. The van der Waals surface area contributed by atoms with E-state index in [0.717, 1.165) is 31.9 Å². The topological polar surface area (TPSA) is 230 Å². The van der Waals surface area contributed by atoms with Gasteiger partial charge in [-0.2, -0.15) is 0 Å². The number of azide groups is 1. The number of carboxylic acids is 1. The number of esters is 2. The van der Waals surface area contributed by atoms with Crippen LogP contribution >= 0.6 is 0 Å². The molecule has 7 atom stereocenters. The van der Waals surface area contributed by atoms with Crippen molar-refractivity contribution in [1.82, 2.24) is 10.6 Å². The van der Waals surface area contributed by atoms with Crippen molar-refractivity contribution in [2.45, 2.75) is 63.4 Å². The minimum absolute atomic E-state index is 0.260. The number of carbonyl (C=O) groups excluding carboxylic acids is 4. The van der Waals surface area contributed by atoms with Crippen LogP contribution in [0.3, 0.4) is 0 Å². The number of aliphatic hydroxyl groups is 1. The summed E-state index contributed by atoms with van der Waals surface area (Å²) in [6.07, 6.45) is -7.78. The molecule has 15 heteroatoms. The van der Waals surface area contributed by atoms with Gasteiger partial charge in [-0.1, -0.05) is 47.6 Å². The second-order valence-electron chi connectivity index (χ2n) is 9.65. The van der Waals surface area contributed by atoms with Crippen LogP contribution in [-0.4, -0.2) is 89.1 Å². The van der Waals surface area contributed by atoms with E-state index in [1.54, 1.807) is 24.3 Å². The van der Waals surface area contributed by atoms with Gasteiger partial charge >= 0.3 is 17.9 Å². The molecule has 1 saturated heterocycles. The number of aliphatic hydroxyl groups excluding tert-OH is 1. The number of hydrogen-bond acceptors (Lipinski definition) is 10. The molecule has 1 aliphatic rings. The Labute approximate surface area is 245 Å². The van der Waals surface area contributed by atoms with Gasteiger partial charge in [-0.05, 0) is 28.8 Å². The second kappa shape index (κ2) is 14.8. The fourth-order valence-corrected chi connectivity index (χ4v) is 4.53. The molecule has 0 aliphatic carbocycles. The van der Waals surface area contributed by atoms with Crippen molar-refractivity contribution in [3.05, 3.63) is 70.6 Å². The molecule has 0 saturated carbocycles. The van der Waals surface area contributed by atoms with Gasteiger partial charge in [-0.3, -0.25) is 19.2 Å². The fraction of sp³-hybridized carbons (Fsp3) is 0.393. The lowest BCUT2D eigenvalue weighted by Gasteiger charge is -2.36. The minimum Gasteiger partial charge on any atom is -0.479 e. The molecule has 3 rings (SSSR count). The summed E-state index contributed by atoms with van der Waals surface area (Å²) in [4.78, 5) is 63.1. The van der Waals surface area contributed by atoms with E-state index in [2.05, 4.69) is 20.7 Å². The fourth-order valence-electron chi connectivity index (χ4n) is 4.53. The monoisotopic (exact) mass is 597 g/mol. The number of aliphatic carboxylic acids is 1. The molecule has 1 fully saturated rings. The Morgan fingerprint density at radius 3 is 2.09 bits per heavy atom. The molecule has 1 aliphatic heterocycles. The average Bonchev–Trinajstić information content (AvgIpc) is 3.77. The predicted molar refractivity (Wildman–Crippen MR) is 148 cm³/mol. The molecule has 2 amide bonds. The first-order valence-corrected chi connectivity index (χ1v) is 13.1. The minimum atomic E-state index is -1.94. The summed E-state index contributed by atoms with van der Waals surface area (Å²) in [5.74, 6) is -4.43. The summed E-state index contributed by atoms with van der Waals surface area (Å²) in [6, 6.07) is 13.1. The highest BCUT2D eigenvalue weighted by Gasteiger charge is 2.55. The largest absolute Gasteiger partial charge is 0.479 e. The van der Waals surface area contributed by atoms with Crippen LogP contribution in [0.25, 0.3) is 21.6 Å². The summed E-state index contributed by atoms with van der Waals surface area (Å²) in [6.45, 7) is 2.70. The molecule has 228 valence electrons. The molecule has 43 heavy (non-hydrogen) atoms. The van der Waals surface area contributed by atoms with Crippen molar-refractivity contribution in [3.63, 3.8) is 0 Å². The molecule has 4 N–H and O–H groups in total. The number of amides is 2. The van der Waals surface area contributed by atoms with Crippen LogP contribution in [0, 0.1) is 0 Å². The lowest BCUT2D eigenvalue weighted by Crippen LogP contribution is -2.60. The Bertz CT molecular complexity index is 1380. The molecule has 1 heterocycles. The third-order valence-electron chi connectivity index (χ3n) is 6.44. The molecular weight excluding hydrogens is 566 g/mol. The Morgan fingerprint density at radius 1 is 0.977 bits per heavy atom. The van der Waals surface area contributed by atoms with Crippen LogP contribution in [-0.2, 0) is 33.4 Å². The molecule has 0 bridgehead atoms. The number of carboxylic acid groups (broad SMARTS) is 1. The predicted octanol–water partition coefficient (Wildman–Crippen LogP) is 1.34. The van der Waals surface area contributed by atoms with Crippen LogP contribution in [0.15, 0.2) is 59.7 Å². The van der Waals surface area contributed by atoms with E-state index in [1.807, 2.05) is 30.3 Å². The van der Waals surface area contributed by atoms with E-state index < -0.39 is 78.9 Å². The Balaban J connectivity index is 1.86. The molecule has 0 spiro atoms. The third-order valence-corrected chi connectivity index (χ3v) is 6.44. The van der Waals surface area contributed by atoms with E-state index in [0.29, 0.717) is 0 Å². The van der Waals surface area contributed by atoms with Gasteiger partial charge in [-0.15, -0.1) is 0 Å². The quantitative estimate of drug-likeness (QED) is 0.0802. The normalized spacial score (nSPS) is 18.8. The summed E-state index contributed by atoms with van der Waals surface area (Å²) in [5, 5.41) is 29.1. The van der Waals surface area contributed by atoms with E-state index in [1.165, 1.54) is 0 Å². The molecule has 2 aromatic rings. The van der Waals surface area contributed by atoms with Gasteiger partial charge in [-0.25, -0.2) is 4.79 Å². The first-order chi connectivity index (χ1) is 20.4. The summed E-state index contributed by atoms with van der Waals surface area (Å²) in [7, 11) is 0. The Morgan fingerprint density at radius 2 is 1.58 bits per heavy atom. The molecule has 2 unspecified atom stereocenters. The third kappa shape index (κ3) is 9.00. The number of nitrogens with zero attached hydrogens (tertiary/aromatic N) is 3. The molecule has 2 aromatic carbocycles. The van der Waals surface area contributed by atoms with Crippen LogP contribution in [0.1, 0.15) is 31.1 Å². The highest BCUT2D eigenvalue weighted by molar-refractivity contribution is 5.94. The number of benzene rings is 2. The number of epoxide rings is 1. The van der Waals surface area contributed by atoms with E-state index >= 15 is 0 Å². The van der Waals surface area contributed by atoms with Gasteiger partial charge in [0.15, 0.2) is 18.3 Å². The van der Waals surface area contributed by atoms with Gasteiger partial charge in [0.2, 0.25) is 5.91 Å². The van der Waals surface area contributed by atoms with E-state index in [-0.39, 0.29) is 5.56 Å². The zero-order valence-corrected chi connectivity index (χ0v) is 23.4. The zero-order valence-electron chi connectivity index (χ0n) is 23.4.